The molecule has 1 unspecified atom stereocenters. The van der Waals surface area contributed by atoms with E-state index in [2.05, 4.69) is 5.32 Å². The van der Waals surface area contributed by atoms with Crippen LogP contribution in [0.2, 0.25) is 12.1 Å². The summed E-state index contributed by atoms with van der Waals surface area (Å²) in [6.45, 7) is 15.4. The van der Waals surface area contributed by atoms with Gasteiger partial charge in [-0.15, -0.1) is 0 Å². The summed E-state index contributed by atoms with van der Waals surface area (Å²) in [5.41, 5.74) is -1.70. The van der Waals surface area contributed by atoms with E-state index in [1.807, 2.05) is 61.5 Å². The van der Waals surface area contributed by atoms with Crippen molar-refractivity contribution in [2.75, 3.05) is 70.0 Å². The minimum Gasteiger partial charge on any atom is -0.469 e. The van der Waals surface area contributed by atoms with Crippen LogP contribution in [-0.4, -0.2) is 182 Å². The monoisotopic (exact) mass is 1230 g/mol. The molecule has 0 aliphatic carbocycles. The number of esters is 6. The Labute approximate surface area is 502 Å². The van der Waals surface area contributed by atoms with Gasteiger partial charge in [0.25, 0.3) is 0 Å². The topological polar surface area (TPSA) is 327 Å². The molecule has 9 atom stereocenters. The predicted octanol–water partition coefficient (Wildman–Crippen LogP) is 5.11. The van der Waals surface area contributed by atoms with Crippen LogP contribution >= 0.6 is 0 Å². The Kier molecular flexibility index (Phi) is 23.3. The molecule has 1 fully saturated rings. The first-order valence-electron chi connectivity index (χ1n) is 29.1. The van der Waals surface area contributed by atoms with Crippen LogP contribution in [0.4, 0.5) is 0 Å². The molecular formula is C59H93N5O19Si2. The molecule has 0 saturated carbocycles. The van der Waals surface area contributed by atoms with Crippen molar-refractivity contribution in [3.63, 3.8) is 0 Å². The number of carbonyl (C=O) groups is 7. The number of amides is 1. The number of fused-ring (bicyclic) bond motifs is 6. The van der Waals surface area contributed by atoms with Gasteiger partial charge in [-0.25, -0.2) is 0 Å². The number of nitrogens with one attached hydrogen (secondary N) is 1. The minimum absolute atomic E-state index is 0.00803. The summed E-state index contributed by atoms with van der Waals surface area (Å²) in [4.78, 5) is 158. The fourth-order valence-electron chi connectivity index (χ4n) is 13.9. The molecule has 24 nitrogen and oxygen atoms in total. The zero-order valence-electron chi connectivity index (χ0n) is 52.7. The first-order chi connectivity index (χ1) is 39.7. The molecule has 0 aromatic carbocycles. The molecule has 5 rings (SSSR count). The average Bonchev–Trinajstić information content (AvgIpc) is 1.55. The number of nitrogens with zero attached hydrogens (tertiary/aromatic N) is 4. The van der Waals surface area contributed by atoms with Crippen molar-refractivity contribution in [1.82, 2.24) is 10.2 Å². The third-order valence-electron chi connectivity index (χ3n) is 19.5. The van der Waals surface area contributed by atoms with Crippen LogP contribution in [0.5, 0.6) is 0 Å². The predicted molar refractivity (Wildman–Crippen MR) is 316 cm³/mol. The van der Waals surface area contributed by atoms with E-state index in [4.69, 9.17) is 52.3 Å². The Hall–Kier alpha value is -5.49. The molecule has 5 aliphatic rings. The molecule has 1 amide bonds. The molecule has 5 heterocycles. The van der Waals surface area contributed by atoms with Crippen molar-refractivity contribution < 1.29 is 90.0 Å². The Balaban J connectivity index is 2.01. The van der Waals surface area contributed by atoms with Crippen LogP contribution in [0.1, 0.15) is 139 Å². The maximum atomic E-state index is 15.5. The highest BCUT2D eigenvalue weighted by Crippen LogP contribution is 2.63. The van der Waals surface area contributed by atoms with Crippen molar-refractivity contribution in [3.8, 4) is 0 Å². The number of carbonyl (C=O) groups excluding carboxylic acids is 7. The van der Waals surface area contributed by atoms with Crippen LogP contribution in [-0.2, 0) is 70.8 Å². The van der Waals surface area contributed by atoms with Crippen molar-refractivity contribution in [2.24, 2.45) is 60.3 Å². The molecule has 8 bridgehead atoms. The lowest BCUT2D eigenvalue weighted by Crippen LogP contribution is -2.55. The van der Waals surface area contributed by atoms with Gasteiger partial charge in [0.05, 0.1) is 67.1 Å². The second-order valence-corrected chi connectivity index (χ2v) is 29.4. The average molecular weight is 1230 g/mol. The van der Waals surface area contributed by atoms with E-state index in [-0.39, 0.29) is 109 Å². The van der Waals surface area contributed by atoms with Gasteiger partial charge < -0.3 is 66.7 Å². The molecule has 0 radical (unpaired) electrons. The van der Waals surface area contributed by atoms with E-state index in [9.17, 15) is 47.9 Å². The minimum atomic E-state index is -4.10. The number of aliphatic imine (C=N–C) groups is 3. The highest BCUT2D eigenvalue weighted by molar-refractivity contribution is 6.58. The van der Waals surface area contributed by atoms with Crippen molar-refractivity contribution in [2.45, 2.75) is 163 Å². The SMILES string of the molecule is COC(=O)CC[C@@H]1C2=C(C)C3=NC([C@H](CC(=O)OC)[C@@]3(C)CCC(=O)OC)[C@]3(C)N=C(/C(C)=C4\N/C(=C\C(=N2)C1(C)C)[C@@H](CCC(=O)OC)[C@]4(C)CC(=O)N(CCC[Si](O)(O)OC)CCC[Si](O)(O)OC)[C@@H](CCC(=O)OC)[C@]3(C)CC(=O)OC. The zero-order chi connectivity index (χ0) is 63.8. The fraction of sp³-hybridized carbons (Fsp3) is 0.729. The normalized spacial score (nSPS) is 29.2. The van der Waals surface area contributed by atoms with E-state index in [1.165, 1.54) is 61.8 Å². The molecular weight excluding hydrogens is 1140 g/mol. The molecule has 0 aromatic rings. The third kappa shape index (κ3) is 14.9. The number of hydrogen-bond donors (Lipinski definition) is 5. The van der Waals surface area contributed by atoms with Gasteiger partial charge in [0.1, 0.15) is 0 Å². The molecule has 476 valence electrons. The lowest BCUT2D eigenvalue weighted by molar-refractivity contribution is -0.147. The molecule has 0 aromatic heterocycles. The first kappa shape index (κ1) is 70.3. The van der Waals surface area contributed by atoms with E-state index in [0.717, 1.165) is 0 Å². The van der Waals surface area contributed by atoms with Crippen molar-refractivity contribution in [1.29, 1.82) is 0 Å². The highest BCUT2D eigenvalue weighted by atomic mass is 28.4. The summed E-state index contributed by atoms with van der Waals surface area (Å²) in [6.07, 6.45) is 1.73. The number of ether oxygens (including phenoxy) is 6. The van der Waals surface area contributed by atoms with Crippen LogP contribution in [0, 0.1) is 45.3 Å². The smallest absolute Gasteiger partial charge is 0.469 e. The van der Waals surface area contributed by atoms with Gasteiger partial charge in [-0.05, 0) is 76.5 Å². The molecule has 5 N–H and O–H groups in total. The van der Waals surface area contributed by atoms with E-state index >= 15 is 4.79 Å². The molecule has 5 aliphatic heterocycles. The van der Waals surface area contributed by atoms with Gasteiger partial charge in [-0.3, -0.25) is 48.5 Å². The second-order valence-electron chi connectivity index (χ2n) is 24.7. The number of hydrogen-bond acceptors (Lipinski definition) is 23. The lowest BCUT2D eigenvalue weighted by Gasteiger charge is -2.48. The summed E-state index contributed by atoms with van der Waals surface area (Å²) >= 11 is 0. The Morgan fingerprint density at radius 2 is 1.09 bits per heavy atom. The lowest BCUT2D eigenvalue weighted by atomic mass is 9.55. The maximum Gasteiger partial charge on any atom is 0.495 e. The van der Waals surface area contributed by atoms with Gasteiger partial charge >= 0.3 is 53.4 Å². The Morgan fingerprint density at radius 1 is 0.612 bits per heavy atom. The number of allylic oxidation sites excluding steroid dienone is 6. The maximum absolute atomic E-state index is 15.5. The van der Waals surface area contributed by atoms with Gasteiger partial charge in [-0.1, -0.05) is 34.6 Å². The summed E-state index contributed by atoms with van der Waals surface area (Å²) in [7, 11) is 1.93. The van der Waals surface area contributed by atoms with E-state index in [1.54, 1.807) is 0 Å². The van der Waals surface area contributed by atoms with E-state index < -0.39 is 116 Å². The standard InChI is InChI=1S/C59H93N5O19Si2/c1-35-50-38(20-23-45(67)77-10)55(3,4)42(61-50)32-41-37(19-22-44(66)76-9)57(6,33-43(65)64(27-17-29-84(72,73)82-15)28-18-30-85(74,75)83-16)53(60-41)36(2)51-39(21-24-46(68)78-11)58(7,34-49(71)81-14)59(8,63-51)54-40(31-48(70)80-13)56(5,52(35)62-54)26-25-47(69)79-12/h32,37-40,54,60,72-75H,17-31,33-34H2,1-16H3/b41-32-,50-35?,53-36-/t37-,38-,39-,40+,54?,56-,57+,58+,59+/m1/s1. The summed E-state index contributed by atoms with van der Waals surface area (Å²) in [5, 5.41) is 3.77. The van der Waals surface area contributed by atoms with Crippen molar-refractivity contribution in [3.05, 3.63) is 34.3 Å². The molecule has 1 saturated heterocycles. The fourth-order valence-corrected chi connectivity index (χ4v) is 15.6. The third-order valence-corrected chi connectivity index (χ3v) is 22.8. The summed E-state index contributed by atoms with van der Waals surface area (Å²) in [6, 6.07) is -1.27. The first-order valence-corrected chi connectivity index (χ1v) is 33.1. The van der Waals surface area contributed by atoms with Gasteiger partial charge in [0.2, 0.25) is 5.91 Å². The largest absolute Gasteiger partial charge is 0.495 e. The quantitative estimate of drug-likeness (QED) is 0.0386. The van der Waals surface area contributed by atoms with Gasteiger partial charge in [0, 0.05) is 151 Å². The second kappa shape index (κ2) is 28.1. The van der Waals surface area contributed by atoms with Crippen LogP contribution in [0.25, 0.3) is 0 Å². The van der Waals surface area contributed by atoms with Crippen LogP contribution < -0.4 is 5.32 Å². The van der Waals surface area contributed by atoms with Crippen molar-refractivity contribution >= 4 is 76.5 Å². The highest BCUT2D eigenvalue weighted by Gasteiger charge is 2.67. The number of rotatable bonds is 28. The number of methoxy groups -OCH3 is 6. The Morgan fingerprint density at radius 3 is 1.59 bits per heavy atom. The van der Waals surface area contributed by atoms with Crippen LogP contribution in [0.15, 0.2) is 49.3 Å². The Bertz CT molecular complexity index is 2730. The van der Waals surface area contributed by atoms with Gasteiger partial charge in [-0.2, -0.15) is 0 Å². The molecule has 26 heteroatoms. The van der Waals surface area contributed by atoms with E-state index in [0.29, 0.717) is 45.4 Å². The molecule has 0 spiro atoms. The van der Waals surface area contributed by atoms with Gasteiger partial charge in [0.15, 0.2) is 0 Å². The van der Waals surface area contributed by atoms with Crippen LogP contribution in [0.3, 0.4) is 0 Å². The summed E-state index contributed by atoms with van der Waals surface area (Å²) in [5.74, 6) is -6.33. The molecule has 85 heavy (non-hydrogen) atoms. The zero-order valence-corrected chi connectivity index (χ0v) is 54.7. The summed E-state index contributed by atoms with van der Waals surface area (Å²) < 4.78 is 41.8.